The van der Waals surface area contributed by atoms with Crippen LogP contribution in [-0.2, 0) is 0 Å². The molecule has 0 atom stereocenters. The van der Waals surface area contributed by atoms with Crippen molar-refractivity contribution in [1.29, 1.82) is 0 Å². The van der Waals surface area contributed by atoms with E-state index in [0.717, 1.165) is 15.8 Å². The number of aryl methyl sites for hydroxylation is 1. The SMILES string of the molecule is COc1ccc(C(=O)c2cccc(Br)c2)cc1C. The monoisotopic (exact) mass is 304 g/mol. The molecule has 0 unspecified atom stereocenters. The fourth-order valence-electron chi connectivity index (χ4n) is 1.82. The van der Waals surface area contributed by atoms with Crippen LogP contribution in [0.25, 0.3) is 0 Å². The molecule has 0 fully saturated rings. The number of methoxy groups -OCH3 is 1. The molecule has 2 aromatic rings. The maximum absolute atomic E-state index is 12.3. The number of rotatable bonds is 3. The van der Waals surface area contributed by atoms with Crippen LogP contribution in [-0.4, -0.2) is 12.9 Å². The van der Waals surface area contributed by atoms with Crippen molar-refractivity contribution < 1.29 is 9.53 Å². The average molecular weight is 305 g/mol. The molecular formula is C15H13BrO2. The predicted octanol–water partition coefficient (Wildman–Crippen LogP) is 4.00. The lowest BCUT2D eigenvalue weighted by molar-refractivity contribution is 0.103. The molecule has 92 valence electrons. The fraction of sp³-hybridized carbons (Fsp3) is 0.133. The van der Waals surface area contributed by atoms with E-state index < -0.39 is 0 Å². The zero-order chi connectivity index (χ0) is 13.1. The molecule has 2 nitrogen and oxygen atoms in total. The van der Waals surface area contributed by atoms with Gasteiger partial charge in [0.2, 0.25) is 0 Å². The molecule has 0 amide bonds. The van der Waals surface area contributed by atoms with Gasteiger partial charge in [0.1, 0.15) is 5.75 Å². The Balaban J connectivity index is 2.37. The fourth-order valence-corrected chi connectivity index (χ4v) is 2.22. The summed E-state index contributed by atoms with van der Waals surface area (Å²) in [6.45, 7) is 1.93. The van der Waals surface area contributed by atoms with Gasteiger partial charge in [-0.3, -0.25) is 4.79 Å². The summed E-state index contributed by atoms with van der Waals surface area (Å²) in [5.41, 5.74) is 2.30. The summed E-state index contributed by atoms with van der Waals surface area (Å²) in [6, 6.07) is 12.8. The third-order valence-electron chi connectivity index (χ3n) is 2.74. The van der Waals surface area contributed by atoms with Crippen LogP contribution in [0.3, 0.4) is 0 Å². The van der Waals surface area contributed by atoms with Crippen molar-refractivity contribution in [3.8, 4) is 5.75 Å². The van der Waals surface area contributed by atoms with Crippen LogP contribution < -0.4 is 4.74 Å². The Kier molecular flexibility index (Phi) is 3.82. The van der Waals surface area contributed by atoms with E-state index in [2.05, 4.69) is 15.9 Å². The molecule has 0 saturated carbocycles. The number of hydrogen-bond acceptors (Lipinski definition) is 2. The first kappa shape index (κ1) is 12.8. The van der Waals surface area contributed by atoms with Crippen molar-refractivity contribution in [2.24, 2.45) is 0 Å². The van der Waals surface area contributed by atoms with Gasteiger partial charge in [-0.05, 0) is 42.8 Å². The summed E-state index contributed by atoms with van der Waals surface area (Å²) in [7, 11) is 1.62. The molecule has 0 radical (unpaired) electrons. The molecular weight excluding hydrogens is 292 g/mol. The van der Waals surface area contributed by atoms with Crippen LogP contribution in [0.5, 0.6) is 5.75 Å². The maximum atomic E-state index is 12.3. The normalized spacial score (nSPS) is 10.2. The molecule has 0 aliphatic heterocycles. The summed E-state index contributed by atoms with van der Waals surface area (Å²) in [5.74, 6) is 0.808. The Bertz CT molecular complexity index is 591. The molecule has 0 aliphatic carbocycles. The Morgan fingerprint density at radius 3 is 2.44 bits per heavy atom. The van der Waals surface area contributed by atoms with Gasteiger partial charge in [-0.25, -0.2) is 0 Å². The Hall–Kier alpha value is -1.61. The van der Waals surface area contributed by atoms with E-state index >= 15 is 0 Å². The van der Waals surface area contributed by atoms with Crippen LogP contribution in [0.15, 0.2) is 46.9 Å². The standard InChI is InChI=1S/C15H13BrO2/c1-10-8-12(6-7-14(10)18-2)15(17)11-4-3-5-13(16)9-11/h3-9H,1-2H3. The van der Waals surface area contributed by atoms with E-state index in [1.165, 1.54) is 0 Å². The van der Waals surface area contributed by atoms with Crippen molar-refractivity contribution in [2.45, 2.75) is 6.92 Å². The molecule has 0 N–H and O–H groups in total. The van der Waals surface area contributed by atoms with E-state index in [1.54, 1.807) is 13.2 Å². The molecule has 0 heterocycles. The molecule has 0 aromatic heterocycles. The zero-order valence-corrected chi connectivity index (χ0v) is 11.8. The van der Waals surface area contributed by atoms with Gasteiger partial charge in [0.05, 0.1) is 7.11 Å². The second-order valence-corrected chi connectivity index (χ2v) is 4.94. The minimum atomic E-state index is 0.0158. The highest BCUT2D eigenvalue weighted by Crippen LogP contribution is 2.21. The first-order chi connectivity index (χ1) is 8.61. The van der Waals surface area contributed by atoms with Crippen molar-refractivity contribution in [1.82, 2.24) is 0 Å². The van der Waals surface area contributed by atoms with Crippen molar-refractivity contribution in [3.63, 3.8) is 0 Å². The minimum absolute atomic E-state index is 0.0158. The number of benzene rings is 2. The number of halogens is 1. The van der Waals surface area contributed by atoms with E-state index in [4.69, 9.17) is 4.74 Å². The average Bonchev–Trinajstić information content (AvgIpc) is 2.37. The van der Waals surface area contributed by atoms with Gasteiger partial charge in [-0.1, -0.05) is 28.1 Å². The zero-order valence-electron chi connectivity index (χ0n) is 10.2. The smallest absolute Gasteiger partial charge is 0.193 e. The minimum Gasteiger partial charge on any atom is -0.496 e. The number of ketones is 1. The molecule has 0 aliphatic rings. The van der Waals surface area contributed by atoms with Crippen molar-refractivity contribution in [3.05, 3.63) is 63.6 Å². The van der Waals surface area contributed by atoms with E-state index in [1.807, 2.05) is 43.3 Å². The Morgan fingerprint density at radius 1 is 1.11 bits per heavy atom. The highest BCUT2D eigenvalue weighted by molar-refractivity contribution is 9.10. The molecule has 0 bridgehead atoms. The molecule has 3 heteroatoms. The van der Waals surface area contributed by atoms with Gasteiger partial charge in [0.25, 0.3) is 0 Å². The number of hydrogen-bond donors (Lipinski definition) is 0. The molecule has 0 saturated heterocycles. The van der Waals surface area contributed by atoms with Crippen LogP contribution in [0, 0.1) is 6.92 Å². The van der Waals surface area contributed by atoms with Gasteiger partial charge in [0, 0.05) is 15.6 Å². The van der Waals surface area contributed by atoms with Gasteiger partial charge < -0.3 is 4.74 Å². The third kappa shape index (κ3) is 2.62. The van der Waals surface area contributed by atoms with Gasteiger partial charge in [-0.2, -0.15) is 0 Å². The van der Waals surface area contributed by atoms with Crippen LogP contribution in [0.4, 0.5) is 0 Å². The second-order valence-electron chi connectivity index (χ2n) is 4.02. The lowest BCUT2D eigenvalue weighted by Gasteiger charge is -2.07. The summed E-state index contributed by atoms with van der Waals surface area (Å²) in [4.78, 5) is 12.3. The number of carbonyl (C=O) groups excluding carboxylic acids is 1. The Morgan fingerprint density at radius 2 is 1.83 bits per heavy atom. The maximum Gasteiger partial charge on any atom is 0.193 e. The summed E-state index contributed by atoms with van der Waals surface area (Å²) in [6.07, 6.45) is 0. The van der Waals surface area contributed by atoms with Crippen LogP contribution >= 0.6 is 15.9 Å². The highest BCUT2D eigenvalue weighted by Gasteiger charge is 2.10. The second kappa shape index (κ2) is 5.36. The first-order valence-corrected chi connectivity index (χ1v) is 6.36. The number of ether oxygens (including phenoxy) is 1. The van der Waals surface area contributed by atoms with Gasteiger partial charge >= 0.3 is 0 Å². The molecule has 0 spiro atoms. The molecule has 18 heavy (non-hydrogen) atoms. The largest absolute Gasteiger partial charge is 0.496 e. The van der Waals surface area contributed by atoms with E-state index in [-0.39, 0.29) is 5.78 Å². The number of carbonyl (C=O) groups is 1. The lowest BCUT2D eigenvalue weighted by Crippen LogP contribution is -2.02. The molecule has 2 aromatic carbocycles. The van der Waals surface area contributed by atoms with Crippen molar-refractivity contribution in [2.75, 3.05) is 7.11 Å². The topological polar surface area (TPSA) is 26.3 Å². The van der Waals surface area contributed by atoms with Crippen LogP contribution in [0.2, 0.25) is 0 Å². The quantitative estimate of drug-likeness (QED) is 0.801. The Labute approximate surface area is 115 Å². The predicted molar refractivity (Wildman–Crippen MR) is 75.3 cm³/mol. The van der Waals surface area contributed by atoms with E-state index in [0.29, 0.717) is 11.1 Å². The summed E-state index contributed by atoms with van der Waals surface area (Å²) in [5, 5.41) is 0. The molecule has 2 rings (SSSR count). The van der Waals surface area contributed by atoms with Crippen LogP contribution in [0.1, 0.15) is 21.5 Å². The summed E-state index contributed by atoms with van der Waals surface area (Å²) < 4.78 is 6.09. The summed E-state index contributed by atoms with van der Waals surface area (Å²) >= 11 is 3.37. The first-order valence-electron chi connectivity index (χ1n) is 5.56. The lowest BCUT2D eigenvalue weighted by atomic mass is 10.0. The van der Waals surface area contributed by atoms with Gasteiger partial charge in [-0.15, -0.1) is 0 Å². The van der Waals surface area contributed by atoms with Gasteiger partial charge in [0.15, 0.2) is 5.78 Å². The van der Waals surface area contributed by atoms with E-state index in [9.17, 15) is 4.79 Å². The highest BCUT2D eigenvalue weighted by atomic mass is 79.9. The van der Waals surface area contributed by atoms with Crippen molar-refractivity contribution >= 4 is 21.7 Å². The third-order valence-corrected chi connectivity index (χ3v) is 3.24.